The Balaban J connectivity index is 1.95. The van der Waals surface area contributed by atoms with Crippen molar-refractivity contribution in [1.29, 1.82) is 0 Å². The lowest BCUT2D eigenvalue weighted by atomic mass is 9.94. The Bertz CT molecular complexity index is 1140. The number of benzene rings is 2. The van der Waals surface area contributed by atoms with Crippen molar-refractivity contribution >= 4 is 28.3 Å². The Hall–Kier alpha value is -3.54. The third-order valence-corrected chi connectivity index (χ3v) is 5.40. The molecule has 6 nitrogen and oxygen atoms in total. The van der Waals surface area contributed by atoms with Gasteiger partial charge in [0, 0.05) is 41.8 Å². The van der Waals surface area contributed by atoms with Gasteiger partial charge in [-0.1, -0.05) is 25.1 Å². The highest BCUT2D eigenvalue weighted by Crippen LogP contribution is 2.44. The number of amides is 1. The fraction of sp³-hybridized carbons (Fsp3) is 0.217. The maximum absolute atomic E-state index is 13.0. The van der Waals surface area contributed by atoms with E-state index in [2.05, 4.69) is 0 Å². The van der Waals surface area contributed by atoms with Crippen LogP contribution < -0.4 is 9.64 Å². The molecule has 2 heterocycles. The number of hydrogen-bond donors (Lipinski definition) is 1. The summed E-state index contributed by atoms with van der Waals surface area (Å²) in [5.74, 6) is -0.649. The number of fused-ring (bicyclic) bond motifs is 1. The molecule has 4 rings (SSSR count). The minimum atomic E-state index is -0.700. The number of nitrogens with zero attached hydrogens (tertiary/aromatic N) is 2. The minimum Gasteiger partial charge on any atom is -0.503 e. The maximum atomic E-state index is 13.0. The van der Waals surface area contributed by atoms with Crippen molar-refractivity contribution in [1.82, 2.24) is 4.57 Å². The van der Waals surface area contributed by atoms with Gasteiger partial charge in [-0.2, -0.15) is 0 Å². The van der Waals surface area contributed by atoms with Gasteiger partial charge in [0.2, 0.25) is 0 Å². The van der Waals surface area contributed by atoms with Crippen LogP contribution >= 0.6 is 0 Å². The van der Waals surface area contributed by atoms with Crippen LogP contribution in [-0.2, 0) is 16.6 Å². The maximum Gasteiger partial charge on any atom is 0.294 e. The summed E-state index contributed by atoms with van der Waals surface area (Å²) in [6.45, 7) is 1.73. The zero-order valence-electron chi connectivity index (χ0n) is 16.5. The molecular weight excluding hydrogens is 368 g/mol. The van der Waals surface area contributed by atoms with Gasteiger partial charge in [-0.3, -0.25) is 14.5 Å². The second-order valence-corrected chi connectivity index (χ2v) is 7.03. The van der Waals surface area contributed by atoms with Gasteiger partial charge < -0.3 is 14.4 Å². The average molecular weight is 390 g/mol. The van der Waals surface area contributed by atoms with Crippen LogP contribution in [-0.4, -0.2) is 28.5 Å². The van der Waals surface area contributed by atoms with E-state index in [9.17, 15) is 14.7 Å². The Kier molecular flexibility index (Phi) is 4.62. The Labute approximate surface area is 168 Å². The third-order valence-electron chi connectivity index (χ3n) is 5.40. The van der Waals surface area contributed by atoms with Crippen LogP contribution in [0.5, 0.6) is 5.75 Å². The number of para-hydroxylation sites is 1. The Morgan fingerprint density at radius 2 is 1.83 bits per heavy atom. The zero-order valence-corrected chi connectivity index (χ0v) is 16.5. The number of Topliss-reactive ketones (excluding diaryl/α,β-unsaturated/α-hetero) is 1. The number of ether oxygens (including phenoxy) is 1. The van der Waals surface area contributed by atoms with E-state index < -0.39 is 17.7 Å². The predicted molar refractivity (Wildman–Crippen MR) is 111 cm³/mol. The average Bonchev–Trinajstić information content (AvgIpc) is 3.22. The molecular formula is C23H22N2O4. The van der Waals surface area contributed by atoms with E-state index in [0.717, 1.165) is 16.5 Å². The molecule has 29 heavy (non-hydrogen) atoms. The molecule has 6 heteroatoms. The molecule has 1 unspecified atom stereocenters. The van der Waals surface area contributed by atoms with Gasteiger partial charge in [-0.05, 0) is 30.3 Å². The summed E-state index contributed by atoms with van der Waals surface area (Å²) in [4.78, 5) is 27.3. The number of hydrogen-bond acceptors (Lipinski definition) is 4. The number of carbonyl (C=O) groups is 2. The Morgan fingerprint density at radius 3 is 2.48 bits per heavy atom. The standard InChI is InChI=1S/C23H22N2O4/c1-4-19(26)20-21(17-13-24(2)18-8-6-5-7-16(17)18)25(23(28)22(20)27)14-9-11-15(29-3)12-10-14/h5-13,21,27H,4H2,1-3H3. The summed E-state index contributed by atoms with van der Waals surface area (Å²) in [6, 6.07) is 14.1. The monoisotopic (exact) mass is 390 g/mol. The molecule has 1 atom stereocenters. The van der Waals surface area contributed by atoms with Crippen LogP contribution in [0.4, 0.5) is 5.69 Å². The van der Waals surface area contributed by atoms with Gasteiger partial charge in [0.05, 0.1) is 18.7 Å². The second-order valence-electron chi connectivity index (χ2n) is 7.03. The molecule has 1 amide bonds. The topological polar surface area (TPSA) is 71.8 Å². The van der Waals surface area contributed by atoms with Crippen LogP contribution in [0.2, 0.25) is 0 Å². The highest BCUT2D eigenvalue weighted by Gasteiger charge is 2.44. The normalized spacial score (nSPS) is 16.7. The van der Waals surface area contributed by atoms with E-state index >= 15 is 0 Å². The van der Waals surface area contributed by atoms with Gasteiger partial charge in [0.25, 0.3) is 5.91 Å². The number of anilines is 1. The lowest BCUT2D eigenvalue weighted by Crippen LogP contribution is -2.30. The van der Waals surface area contributed by atoms with Crippen LogP contribution in [0.3, 0.4) is 0 Å². The molecule has 1 aliphatic rings. The van der Waals surface area contributed by atoms with Gasteiger partial charge in [-0.15, -0.1) is 0 Å². The van der Waals surface area contributed by atoms with E-state index in [1.165, 1.54) is 4.90 Å². The number of rotatable bonds is 5. The highest BCUT2D eigenvalue weighted by atomic mass is 16.5. The van der Waals surface area contributed by atoms with E-state index in [1.54, 1.807) is 38.3 Å². The van der Waals surface area contributed by atoms with Crippen molar-refractivity contribution in [2.24, 2.45) is 7.05 Å². The molecule has 0 spiro atoms. The minimum absolute atomic E-state index is 0.143. The van der Waals surface area contributed by atoms with Crippen LogP contribution in [0, 0.1) is 0 Å². The molecule has 3 aromatic rings. The number of methoxy groups -OCH3 is 1. The number of aryl methyl sites for hydroxylation is 1. The predicted octanol–water partition coefficient (Wildman–Crippen LogP) is 4.07. The smallest absolute Gasteiger partial charge is 0.294 e. The van der Waals surface area contributed by atoms with E-state index in [4.69, 9.17) is 4.74 Å². The first kappa shape index (κ1) is 18.8. The molecule has 0 radical (unpaired) electrons. The lowest BCUT2D eigenvalue weighted by molar-refractivity contribution is -0.118. The molecule has 0 saturated heterocycles. The van der Waals surface area contributed by atoms with Crippen molar-refractivity contribution in [2.75, 3.05) is 12.0 Å². The van der Waals surface area contributed by atoms with Crippen LogP contribution in [0.15, 0.2) is 66.1 Å². The van der Waals surface area contributed by atoms with Crippen molar-refractivity contribution in [3.63, 3.8) is 0 Å². The summed E-state index contributed by atoms with van der Waals surface area (Å²) in [6.07, 6.45) is 2.12. The SMILES string of the molecule is CCC(=O)C1=C(O)C(=O)N(c2ccc(OC)cc2)C1c1cn(C)c2ccccc12. The molecule has 1 aromatic heterocycles. The van der Waals surface area contributed by atoms with Crippen molar-refractivity contribution in [3.05, 3.63) is 71.6 Å². The lowest BCUT2D eigenvalue weighted by Gasteiger charge is -2.26. The summed E-state index contributed by atoms with van der Waals surface area (Å²) in [7, 11) is 3.49. The summed E-state index contributed by atoms with van der Waals surface area (Å²) in [5.41, 5.74) is 2.51. The highest BCUT2D eigenvalue weighted by molar-refractivity contribution is 6.17. The first-order valence-electron chi connectivity index (χ1n) is 9.45. The van der Waals surface area contributed by atoms with Gasteiger partial charge in [-0.25, -0.2) is 0 Å². The summed E-state index contributed by atoms with van der Waals surface area (Å²) in [5, 5.41) is 11.6. The number of aliphatic hydroxyl groups excluding tert-OH is 1. The van der Waals surface area contributed by atoms with Gasteiger partial charge in [0.1, 0.15) is 5.75 Å². The summed E-state index contributed by atoms with van der Waals surface area (Å²) >= 11 is 0. The van der Waals surface area contributed by atoms with Crippen molar-refractivity contribution in [2.45, 2.75) is 19.4 Å². The summed E-state index contributed by atoms with van der Waals surface area (Å²) < 4.78 is 7.17. The second kappa shape index (κ2) is 7.13. The fourth-order valence-corrected chi connectivity index (χ4v) is 3.97. The van der Waals surface area contributed by atoms with Crippen LogP contribution in [0.1, 0.15) is 24.9 Å². The number of ketones is 1. The van der Waals surface area contributed by atoms with E-state index in [1.807, 2.05) is 42.1 Å². The van der Waals surface area contributed by atoms with Gasteiger partial charge >= 0.3 is 0 Å². The first-order valence-corrected chi connectivity index (χ1v) is 9.45. The van der Waals surface area contributed by atoms with Crippen molar-refractivity contribution < 1.29 is 19.4 Å². The Morgan fingerprint density at radius 1 is 1.14 bits per heavy atom. The van der Waals surface area contributed by atoms with Crippen LogP contribution in [0.25, 0.3) is 10.9 Å². The van der Waals surface area contributed by atoms with Crippen molar-refractivity contribution in [3.8, 4) is 5.75 Å². The quantitative estimate of drug-likeness (QED) is 0.713. The number of aliphatic hydroxyl groups is 1. The molecule has 1 aliphatic heterocycles. The first-order chi connectivity index (χ1) is 14.0. The third kappa shape index (κ3) is 2.88. The molecule has 1 N–H and O–H groups in total. The molecule has 0 bridgehead atoms. The van der Waals surface area contributed by atoms with Gasteiger partial charge in [0.15, 0.2) is 11.5 Å². The fourth-order valence-electron chi connectivity index (χ4n) is 3.97. The molecule has 2 aromatic carbocycles. The molecule has 0 fully saturated rings. The van der Waals surface area contributed by atoms with E-state index in [0.29, 0.717) is 11.4 Å². The number of aromatic nitrogens is 1. The largest absolute Gasteiger partial charge is 0.503 e. The molecule has 148 valence electrons. The molecule has 0 saturated carbocycles. The number of carbonyl (C=O) groups excluding carboxylic acids is 2. The van der Waals surface area contributed by atoms with E-state index in [-0.39, 0.29) is 17.8 Å². The molecule has 0 aliphatic carbocycles. The zero-order chi connectivity index (χ0) is 20.7.